The van der Waals surface area contributed by atoms with E-state index in [9.17, 15) is 13.5 Å². The van der Waals surface area contributed by atoms with Crippen LogP contribution in [0, 0.1) is 0 Å². The van der Waals surface area contributed by atoms with Crippen molar-refractivity contribution in [2.45, 2.75) is 49.5 Å². The third kappa shape index (κ3) is 5.09. The zero-order valence-electron chi connectivity index (χ0n) is 15.9. The van der Waals surface area contributed by atoms with Crippen LogP contribution < -0.4 is 9.46 Å². The van der Waals surface area contributed by atoms with E-state index in [0.29, 0.717) is 6.42 Å². The zero-order valence-corrected chi connectivity index (χ0v) is 16.7. The summed E-state index contributed by atoms with van der Waals surface area (Å²) in [7, 11) is -2.06. The van der Waals surface area contributed by atoms with E-state index >= 15 is 0 Å². The molecule has 2 aromatic carbocycles. The Balaban J connectivity index is 1.66. The van der Waals surface area contributed by atoms with E-state index in [1.165, 1.54) is 5.56 Å². The summed E-state index contributed by atoms with van der Waals surface area (Å²) in [4.78, 5) is 0.267. The van der Waals surface area contributed by atoms with Crippen molar-refractivity contribution in [1.29, 1.82) is 0 Å². The highest BCUT2D eigenvalue weighted by molar-refractivity contribution is 7.89. The van der Waals surface area contributed by atoms with Crippen molar-refractivity contribution in [3.8, 4) is 5.75 Å². The monoisotopic (exact) mass is 389 g/mol. The number of ether oxygens (including phenoxy) is 1. The van der Waals surface area contributed by atoms with Gasteiger partial charge in [0.25, 0.3) is 0 Å². The normalized spacial score (nSPS) is 16.4. The molecule has 0 saturated heterocycles. The fraction of sp³-hybridized carbons (Fsp3) is 0.429. The van der Waals surface area contributed by atoms with Gasteiger partial charge in [-0.3, -0.25) is 0 Å². The average molecular weight is 390 g/mol. The summed E-state index contributed by atoms with van der Waals surface area (Å²) >= 11 is 0. The van der Waals surface area contributed by atoms with Crippen LogP contribution >= 0.6 is 0 Å². The molecule has 2 aromatic rings. The summed E-state index contributed by atoms with van der Waals surface area (Å²) in [5.41, 5.74) is 2.07. The number of nitrogens with one attached hydrogen (secondary N) is 1. The molecule has 0 fully saturated rings. The Morgan fingerprint density at radius 1 is 1.07 bits per heavy atom. The van der Waals surface area contributed by atoms with Crippen LogP contribution in [0.15, 0.2) is 47.4 Å². The predicted octanol–water partition coefficient (Wildman–Crippen LogP) is 2.85. The molecule has 0 bridgehead atoms. The Bertz CT molecular complexity index is 889. The Kier molecular flexibility index (Phi) is 5.89. The number of methoxy groups -OCH3 is 1. The Morgan fingerprint density at radius 3 is 2.41 bits per heavy atom. The number of rotatable bonds is 7. The lowest BCUT2D eigenvalue weighted by atomic mass is 9.92. The number of hydrogen-bond acceptors (Lipinski definition) is 4. The van der Waals surface area contributed by atoms with Gasteiger partial charge in [-0.1, -0.05) is 18.2 Å². The Labute approximate surface area is 161 Å². The van der Waals surface area contributed by atoms with Crippen LogP contribution in [0.4, 0.5) is 0 Å². The highest BCUT2D eigenvalue weighted by atomic mass is 32.2. The van der Waals surface area contributed by atoms with E-state index in [4.69, 9.17) is 4.74 Å². The first kappa shape index (κ1) is 19.9. The molecule has 0 unspecified atom stereocenters. The van der Waals surface area contributed by atoms with E-state index in [2.05, 4.69) is 4.72 Å². The number of aryl methyl sites for hydroxylation is 2. The van der Waals surface area contributed by atoms with Gasteiger partial charge in [0.1, 0.15) is 5.75 Å². The predicted molar refractivity (Wildman–Crippen MR) is 106 cm³/mol. The van der Waals surface area contributed by atoms with Gasteiger partial charge in [-0.05, 0) is 73.6 Å². The summed E-state index contributed by atoms with van der Waals surface area (Å²) in [6, 6.07) is 12.7. The second-order valence-corrected chi connectivity index (χ2v) is 9.25. The molecule has 0 radical (unpaired) electrons. The maximum Gasteiger partial charge on any atom is 0.240 e. The van der Waals surface area contributed by atoms with Crippen LogP contribution in [0.2, 0.25) is 0 Å². The maximum absolute atomic E-state index is 12.7. The van der Waals surface area contributed by atoms with Crippen molar-refractivity contribution in [2.75, 3.05) is 13.7 Å². The molecule has 3 rings (SSSR count). The Morgan fingerprint density at radius 2 is 1.74 bits per heavy atom. The molecule has 1 atom stereocenters. The van der Waals surface area contributed by atoms with Crippen LogP contribution in [-0.2, 0) is 29.3 Å². The van der Waals surface area contributed by atoms with Crippen molar-refractivity contribution in [3.63, 3.8) is 0 Å². The van der Waals surface area contributed by atoms with E-state index in [-0.39, 0.29) is 11.4 Å². The molecule has 1 aliphatic carbocycles. The van der Waals surface area contributed by atoms with E-state index < -0.39 is 15.6 Å². The third-order valence-corrected chi connectivity index (χ3v) is 6.42. The second-order valence-electron chi connectivity index (χ2n) is 7.48. The molecule has 0 heterocycles. The van der Waals surface area contributed by atoms with Crippen LogP contribution in [0.5, 0.6) is 5.75 Å². The van der Waals surface area contributed by atoms with Gasteiger partial charge in [0.15, 0.2) is 0 Å². The lowest BCUT2D eigenvalue weighted by molar-refractivity contribution is 0.0657. The van der Waals surface area contributed by atoms with Crippen molar-refractivity contribution < 1.29 is 18.3 Å². The van der Waals surface area contributed by atoms with Gasteiger partial charge in [0.05, 0.1) is 17.6 Å². The smallest absolute Gasteiger partial charge is 0.240 e. The van der Waals surface area contributed by atoms with E-state index in [1.807, 2.05) is 30.3 Å². The van der Waals surface area contributed by atoms with Gasteiger partial charge in [-0.25, -0.2) is 13.1 Å². The van der Waals surface area contributed by atoms with Crippen LogP contribution in [-0.4, -0.2) is 32.8 Å². The molecule has 0 spiro atoms. The minimum atomic E-state index is -3.66. The molecule has 0 aliphatic heterocycles. The van der Waals surface area contributed by atoms with Crippen molar-refractivity contribution >= 4 is 10.0 Å². The van der Waals surface area contributed by atoms with Gasteiger partial charge in [0.2, 0.25) is 10.0 Å². The van der Waals surface area contributed by atoms with Crippen LogP contribution in [0.1, 0.15) is 36.5 Å². The summed E-state index contributed by atoms with van der Waals surface area (Å²) in [6.45, 7) is 1.57. The Hall–Kier alpha value is -1.89. The lowest BCUT2D eigenvalue weighted by Gasteiger charge is -2.24. The number of benzene rings is 2. The summed E-state index contributed by atoms with van der Waals surface area (Å²) in [5.74, 6) is 0.742. The molecule has 5 nitrogen and oxygen atoms in total. The molecule has 0 aromatic heterocycles. The van der Waals surface area contributed by atoms with Gasteiger partial charge >= 0.3 is 0 Å². The van der Waals surface area contributed by atoms with Crippen molar-refractivity contribution in [1.82, 2.24) is 4.72 Å². The first-order chi connectivity index (χ1) is 12.8. The minimum absolute atomic E-state index is 0.0571. The average Bonchev–Trinajstić information content (AvgIpc) is 2.66. The second kappa shape index (κ2) is 8.00. The highest BCUT2D eigenvalue weighted by Gasteiger charge is 2.25. The highest BCUT2D eigenvalue weighted by Crippen LogP contribution is 2.24. The topological polar surface area (TPSA) is 75.6 Å². The molecular formula is C21H27NO4S. The first-order valence-electron chi connectivity index (χ1n) is 9.26. The van der Waals surface area contributed by atoms with E-state index in [1.54, 1.807) is 26.2 Å². The standard InChI is InChI=1S/C21H27NO4S/c1-21(23,14-16-7-10-19(26-2)11-8-16)15-22-27(24,25)20-12-9-17-5-3-4-6-18(17)13-20/h7-13,22-23H,3-6,14-15H2,1-2H3/t21-/m0/s1. The van der Waals surface area contributed by atoms with Gasteiger partial charge in [0, 0.05) is 13.0 Å². The summed E-state index contributed by atoms with van der Waals surface area (Å²) in [5, 5.41) is 10.6. The lowest BCUT2D eigenvalue weighted by Crippen LogP contribution is -2.42. The summed E-state index contributed by atoms with van der Waals surface area (Å²) in [6.07, 6.45) is 4.53. The SMILES string of the molecule is COc1ccc(C[C@](C)(O)CNS(=O)(=O)c2ccc3c(c2)CCCC3)cc1. The van der Waals surface area contributed by atoms with Gasteiger partial charge < -0.3 is 9.84 Å². The van der Waals surface area contributed by atoms with Gasteiger partial charge in [-0.2, -0.15) is 0 Å². The summed E-state index contributed by atoms with van der Waals surface area (Å²) < 4.78 is 33.0. The maximum atomic E-state index is 12.7. The fourth-order valence-electron chi connectivity index (χ4n) is 3.46. The third-order valence-electron chi connectivity index (χ3n) is 5.02. The van der Waals surface area contributed by atoms with Crippen LogP contribution in [0.25, 0.3) is 0 Å². The van der Waals surface area contributed by atoms with E-state index in [0.717, 1.165) is 42.6 Å². The van der Waals surface area contributed by atoms with Crippen molar-refractivity contribution in [3.05, 3.63) is 59.2 Å². The molecule has 0 amide bonds. The number of aliphatic hydroxyl groups is 1. The quantitative estimate of drug-likeness (QED) is 0.764. The molecule has 27 heavy (non-hydrogen) atoms. The number of sulfonamides is 1. The molecule has 6 heteroatoms. The largest absolute Gasteiger partial charge is 0.497 e. The molecule has 146 valence electrons. The first-order valence-corrected chi connectivity index (χ1v) is 10.7. The minimum Gasteiger partial charge on any atom is -0.497 e. The number of fused-ring (bicyclic) bond motifs is 1. The van der Waals surface area contributed by atoms with Crippen molar-refractivity contribution in [2.24, 2.45) is 0 Å². The van der Waals surface area contributed by atoms with Gasteiger partial charge in [-0.15, -0.1) is 0 Å². The molecule has 1 aliphatic rings. The fourth-order valence-corrected chi connectivity index (χ4v) is 4.67. The zero-order chi connectivity index (χ0) is 19.5. The molecule has 0 saturated carbocycles. The molecule has 2 N–H and O–H groups in total. The molecular weight excluding hydrogens is 362 g/mol. The van der Waals surface area contributed by atoms with Crippen LogP contribution in [0.3, 0.4) is 0 Å². The number of hydrogen-bond donors (Lipinski definition) is 2.